The van der Waals surface area contributed by atoms with E-state index in [4.69, 9.17) is 0 Å². The summed E-state index contributed by atoms with van der Waals surface area (Å²) in [5, 5.41) is 2.48. The van der Waals surface area contributed by atoms with Crippen molar-refractivity contribution in [2.45, 2.75) is 56.0 Å². The van der Waals surface area contributed by atoms with E-state index in [1.54, 1.807) is 4.57 Å². The minimum Gasteiger partial charge on any atom is -0.325 e. The molecule has 0 saturated heterocycles. The maximum Gasteiger partial charge on any atom is 0.416 e. The van der Waals surface area contributed by atoms with E-state index >= 15 is 0 Å². The van der Waals surface area contributed by atoms with E-state index in [0.717, 1.165) is 48.8 Å². The van der Waals surface area contributed by atoms with Crippen LogP contribution in [0.15, 0.2) is 28.0 Å². The predicted molar refractivity (Wildman–Crippen MR) is 124 cm³/mol. The van der Waals surface area contributed by atoms with Gasteiger partial charge in [0, 0.05) is 23.5 Å². The summed E-state index contributed by atoms with van der Waals surface area (Å²) in [6.45, 7) is 1.30. The van der Waals surface area contributed by atoms with Gasteiger partial charge in [-0.2, -0.15) is 31.3 Å². The number of nitrogens with one attached hydrogen (secondary N) is 1. The van der Waals surface area contributed by atoms with E-state index in [1.807, 2.05) is 19.0 Å². The molecule has 0 aliphatic heterocycles. The lowest BCUT2D eigenvalue weighted by Gasteiger charge is -2.23. The summed E-state index contributed by atoms with van der Waals surface area (Å²) in [4.78, 5) is 31.3. The number of nitrogens with zero attached hydrogens (tertiary/aromatic N) is 3. The van der Waals surface area contributed by atoms with Gasteiger partial charge in [0.1, 0.15) is 5.03 Å². The van der Waals surface area contributed by atoms with Gasteiger partial charge in [0.25, 0.3) is 0 Å². The number of thioether (sulfide) groups is 1. The minimum atomic E-state index is -5.02. The zero-order chi connectivity index (χ0) is 26.7. The second-order valence-corrected chi connectivity index (χ2v) is 9.74. The quantitative estimate of drug-likeness (QED) is 0.297. The van der Waals surface area contributed by atoms with E-state index in [9.17, 15) is 35.9 Å². The van der Waals surface area contributed by atoms with Crippen molar-refractivity contribution < 1.29 is 31.1 Å². The normalized spacial score (nSPS) is 14.1. The first-order chi connectivity index (χ1) is 16.8. The first-order valence-corrected chi connectivity index (χ1v) is 12.2. The number of rotatable bonds is 8. The summed E-state index contributed by atoms with van der Waals surface area (Å²) in [6, 6.07) is 0.897. The van der Waals surface area contributed by atoms with Gasteiger partial charge in [-0.05, 0) is 70.9 Å². The van der Waals surface area contributed by atoms with Gasteiger partial charge in [-0.1, -0.05) is 11.8 Å². The maximum absolute atomic E-state index is 13.1. The molecule has 1 heterocycles. The van der Waals surface area contributed by atoms with E-state index < -0.39 is 40.8 Å². The molecule has 0 atom stereocenters. The van der Waals surface area contributed by atoms with Crippen molar-refractivity contribution in [1.29, 1.82) is 0 Å². The lowest BCUT2D eigenvalue weighted by Crippen LogP contribution is -2.31. The molecule has 36 heavy (non-hydrogen) atoms. The Kier molecular flexibility index (Phi) is 8.75. The van der Waals surface area contributed by atoms with Gasteiger partial charge >= 0.3 is 18.0 Å². The number of amides is 1. The molecule has 1 N–H and O–H groups in total. The highest BCUT2D eigenvalue weighted by Crippen LogP contribution is 2.37. The maximum atomic E-state index is 13.1. The Morgan fingerprint density at radius 3 is 2.25 bits per heavy atom. The topological polar surface area (TPSA) is 67.2 Å². The molecule has 0 spiro atoms. The molecule has 1 aromatic heterocycles. The van der Waals surface area contributed by atoms with Gasteiger partial charge in [-0.3, -0.25) is 9.36 Å². The summed E-state index contributed by atoms with van der Waals surface area (Å²) >= 11 is 0.944. The highest BCUT2D eigenvalue weighted by molar-refractivity contribution is 8.00. The largest absolute Gasteiger partial charge is 0.416 e. The molecule has 0 fully saturated rings. The zero-order valence-corrected chi connectivity index (χ0v) is 20.5. The van der Waals surface area contributed by atoms with Gasteiger partial charge in [0.15, 0.2) is 0 Å². The molecular weight excluding hydrogens is 510 g/mol. The fourth-order valence-electron chi connectivity index (χ4n) is 4.00. The van der Waals surface area contributed by atoms with Crippen LogP contribution in [-0.2, 0) is 36.5 Å². The van der Waals surface area contributed by atoms with Crippen LogP contribution in [0.4, 0.5) is 32.0 Å². The molecule has 1 aliphatic rings. The fraction of sp³-hybridized carbons (Fsp3) is 0.522. The molecule has 13 heteroatoms. The number of hydrogen-bond donors (Lipinski definition) is 1. The number of carbonyl (C=O) groups excluding carboxylic acids is 1. The van der Waals surface area contributed by atoms with Crippen LogP contribution >= 0.6 is 11.8 Å². The van der Waals surface area contributed by atoms with Crippen molar-refractivity contribution in [3.05, 3.63) is 51.1 Å². The second-order valence-electron chi connectivity index (χ2n) is 8.77. The Morgan fingerprint density at radius 1 is 1.06 bits per heavy atom. The van der Waals surface area contributed by atoms with Crippen LogP contribution in [0.5, 0.6) is 0 Å². The lowest BCUT2D eigenvalue weighted by atomic mass is 9.97. The van der Waals surface area contributed by atoms with Crippen LogP contribution in [-0.4, -0.2) is 46.8 Å². The predicted octanol–water partition coefficient (Wildman–Crippen LogP) is 4.84. The van der Waals surface area contributed by atoms with Gasteiger partial charge < -0.3 is 10.2 Å². The number of anilines is 1. The number of carbonyl (C=O) groups is 1. The Balaban J connectivity index is 1.77. The average Bonchev–Trinajstić information content (AvgIpc) is 2.77. The molecule has 0 radical (unpaired) electrons. The van der Waals surface area contributed by atoms with Crippen molar-refractivity contribution in [3.63, 3.8) is 0 Å². The van der Waals surface area contributed by atoms with Crippen LogP contribution in [0.3, 0.4) is 0 Å². The van der Waals surface area contributed by atoms with E-state index in [2.05, 4.69) is 10.3 Å². The summed E-state index contributed by atoms with van der Waals surface area (Å²) in [7, 11) is 3.87. The highest BCUT2D eigenvalue weighted by atomic mass is 32.2. The Bertz CT molecular complexity index is 1130. The van der Waals surface area contributed by atoms with Crippen LogP contribution in [0, 0.1) is 0 Å². The molecule has 0 unspecified atom stereocenters. The first-order valence-electron chi connectivity index (χ1n) is 11.2. The number of alkyl halides is 6. The summed E-state index contributed by atoms with van der Waals surface area (Å²) in [5.41, 5.74) is -2.36. The number of aromatic nitrogens is 2. The fourth-order valence-corrected chi connectivity index (χ4v) is 4.88. The van der Waals surface area contributed by atoms with Crippen molar-refractivity contribution in [2.75, 3.05) is 31.7 Å². The third-order valence-corrected chi connectivity index (χ3v) is 6.67. The molecule has 1 aliphatic carbocycles. The Hall–Kier alpha value is -2.54. The third-order valence-electron chi connectivity index (χ3n) is 5.65. The van der Waals surface area contributed by atoms with E-state index in [0.29, 0.717) is 36.5 Å². The number of fused-ring (bicyclic) bond motifs is 1. The first kappa shape index (κ1) is 28.0. The number of halogens is 6. The minimum absolute atomic E-state index is 0.00580. The molecule has 1 aromatic carbocycles. The van der Waals surface area contributed by atoms with Crippen LogP contribution in [0.25, 0.3) is 0 Å². The summed E-state index contributed by atoms with van der Waals surface area (Å²) < 4.78 is 80.0. The monoisotopic (exact) mass is 536 g/mol. The van der Waals surface area contributed by atoms with Crippen molar-refractivity contribution >= 4 is 23.4 Å². The lowest BCUT2D eigenvalue weighted by molar-refractivity contribution is -0.143. The molecular formula is C23H26F6N4O2S. The molecule has 2 aromatic rings. The number of benzene rings is 1. The third kappa shape index (κ3) is 7.25. The molecule has 3 rings (SSSR count). The van der Waals surface area contributed by atoms with Crippen molar-refractivity contribution in [3.8, 4) is 0 Å². The molecule has 0 bridgehead atoms. The zero-order valence-electron chi connectivity index (χ0n) is 19.7. The van der Waals surface area contributed by atoms with Gasteiger partial charge in [0.2, 0.25) is 5.91 Å². The van der Waals surface area contributed by atoms with Crippen LogP contribution in [0.1, 0.15) is 41.6 Å². The highest BCUT2D eigenvalue weighted by Gasteiger charge is 2.37. The molecule has 198 valence electrons. The standard InChI is InChI=1S/C23H26F6N4O2S/c1-32(2)8-5-9-33-18-7-4-3-6-17(18)20(31-21(33)35)36-13-19(34)30-16-11-14(22(24,25)26)10-15(12-16)23(27,28)29/h10-12H,3-9,13H2,1-2H3,(H,30,34). The molecule has 1 amide bonds. The van der Waals surface area contributed by atoms with Crippen LogP contribution < -0.4 is 11.0 Å². The SMILES string of the molecule is CN(C)CCCn1c2c(c(SCC(=O)Nc3cc(C(F)(F)F)cc(C(F)(F)F)c3)nc1=O)CCCC2. The van der Waals surface area contributed by atoms with E-state index in [1.165, 1.54) is 0 Å². The van der Waals surface area contributed by atoms with Gasteiger partial charge in [-0.25, -0.2) is 4.79 Å². The van der Waals surface area contributed by atoms with Gasteiger partial charge in [-0.15, -0.1) is 0 Å². The number of hydrogen-bond acceptors (Lipinski definition) is 5. The average molecular weight is 537 g/mol. The Labute approximate surface area is 208 Å². The Morgan fingerprint density at radius 2 is 1.67 bits per heavy atom. The second kappa shape index (κ2) is 11.2. The molecule has 6 nitrogen and oxygen atoms in total. The van der Waals surface area contributed by atoms with Crippen LogP contribution in [0.2, 0.25) is 0 Å². The molecule has 0 saturated carbocycles. The smallest absolute Gasteiger partial charge is 0.325 e. The van der Waals surface area contributed by atoms with Crippen molar-refractivity contribution in [1.82, 2.24) is 14.5 Å². The van der Waals surface area contributed by atoms with Gasteiger partial charge in [0.05, 0.1) is 16.9 Å². The van der Waals surface area contributed by atoms with Crippen molar-refractivity contribution in [2.24, 2.45) is 0 Å². The summed E-state index contributed by atoms with van der Waals surface area (Å²) in [6.07, 6.45) is -6.13. The van der Waals surface area contributed by atoms with E-state index in [-0.39, 0.29) is 11.8 Å². The summed E-state index contributed by atoms with van der Waals surface area (Å²) in [5.74, 6) is -1.14.